The molecular weight excluding hydrogens is 367 g/mol. The SMILES string of the molecule is Cc1ccccc1NC(=O)/C(C#N)=C\c1ccc(I)o1. The first kappa shape index (κ1) is 14.3. The van der Waals surface area contributed by atoms with Gasteiger partial charge in [0, 0.05) is 11.8 Å². The van der Waals surface area contributed by atoms with Crippen LogP contribution in [0.4, 0.5) is 5.69 Å². The maximum Gasteiger partial charge on any atom is 0.266 e. The summed E-state index contributed by atoms with van der Waals surface area (Å²) < 4.78 is 6.02. The molecule has 1 aromatic heterocycles. The third kappa shape index (κ3) is 3.48. The number of hydrogen-bond acceptors (Lipinski definition) is 3. The Morgan fingerprint density at radius 2 is 2.10 bits per heavy atom. The fraction of sp³-hybridized carbons (Fsp3) is 0.0667. The van der Waals surface area contributed by atoms with Crippen LogP contribution in [0.25, 0.3) is 6.08 Å². The molecule has 0 fully saturated rings. The summed E-state index contributed by atoms with van der Waals surface area (Å²) in [5.41, 5.74) is 1.62. The van der Waals surface area contributed by atoms with Gasteiger partial charge in [0.15, 0.2) is 3.77 Å². The number of nitrogens with zero attached hydrogens (tertiary/aromatic N) is 1. The molecule has 2 rings (SSSR count). The van der Waals surface area contributed by atoms with Crippen molar-refractivity contribution in [1.29, 1.82) is 5.26 Å². The Morgan fingerprint density at radius 1 is 1.35 bits per heavy atom. The molecule has 1 aromatic carbocycles. The highest BCUT2D eigenvalue weighted by Gasteiger charge is 2.11. The molecule has 0 aliphatic rings. The van der Waals surface area contributed by atoms with E-state index in [1.807, 2.05) is 53.8 Å². The lowest BCUT2D eigenvalue weighted by molar-refractivity contribution is -0.112. The molecule has 0 atom stereocenters. The summed E-state index contributed by atoms with van der Waals surface area (Å²) in [5.74, 6) is 0.0269. The second-order valence-electron chi connectivity index (χ2n) is 4.08. The van der Waals surface area contributed by atoms with E-state index in [-0.39, 0.29) is 5.57 Å². The van der Waals surface area contributed by atoms with Crippen molar-refractivity contribution in [2.75, 3.05) is 5.32 Å². The normalized spacial score (nSPS) is 10.9. The standard InChI is InChI=1S/C15H11IN2O2/c1-10-4-2-3-5-13(10)18-15(19)11(9-17)8-12-6-7-14(16)20-12/h2-8H,1H3,(H,18,19)/b11-8-. The predicted molar refractivity (Wildman–Crippen MR) is 84.8 cm³/mol. The third-order valence-corrected chi connectivity index (χ3v) is 3.22. The Hall–Kier alpha value is -2.07. The fourth-order valence-electron chi connectivity index (χ4n) is 1.60. The number of halogens is 1. The van der Waals surface area contributed by atoms with E-state index in [1.54, 1.807) is 18.2 Å². The lowest BCUT2D eigenvalue weighted by Crippen LogP contribution is -2.14. The molecule has 0 aliphatic carbocycles. The van der Waals surface area contributed by atoms with Gasteiger partial charge in [0.1, 0.15) is 17.4 Å². The van der Waals surface area contributed by atoms with Crippen LogP contribution in [0.2, 0.25) is 0 Å². The Kier molecular flexibility index (Phi) is 4.58. The lowest BCUT2D eigenvalue weighted by atomic mass is 10.2. The van der Waals surface area contributed by atoms with Crippen LogP contribution < -0.4 is 5.32 Å². The van der Waals surface area contributed by atoms with Crippen LogP contribution in [-0.4, -0.2) is 5.91 Å². The summed E-state index contributed by atoms with van der Waals surface area (Å²) in [7, 11) is 0. The van der Waals surface area contributed by atoms with Gasteiger partial charge < -0.3 is 9.73 Å². The summed E-state index contributed by atoms with van der Waals surface area (Å²) in [6, 6.07) is 12.8. The number of hydrogen-bond donors (Lipinski definition) is 1. The largest absolute Gasteiger partial charge is 0.451 e. The molecule has 0 saturated heterocycles. The molecule has 5 heteroatoms. The molecule has 1 N–H and O–H groups in total. The van der Waals surface area contributed by atoms with E-state index >= 15 is 0 Å². The van der Waals surface area contributed by atoms with Crippen LogP contribution in [0, 0.1) is 22.0 Å². The Morgan fingerprint density at radius 3 is 2.70 bits per heavy atom. The van der Waals surface area contributed by atoms with E-state index < -0.39 is 5.91 Å². The zero-order valence-corrected chi connectivity index (χ0v) is 12.8. The number of nitrogens with one attached hydrogen (secondary N) is 1. The zero-order valence-electron chi connectivity index (χ0n) is 10.7. The second kappa shape index (κ2) is 6.39. The Bertz CT molecular complexity index is 711. The van der Waals surface area contributed by atoms with E-state index in [1.165, 1.54) is 6.08 Å². The van der Waals surface area contributed by atoms with E-state index in [0.29, 0.717) is 15.2 Å². The number of anilines is 1. The Labute approximate surface area is 130 Å². The fourth-order valence-corrected chi connectivity index (χ4v) is 2.03. The van der Waals surface area contributed by atoms with E-state index in [4.69, 9.17) is 9.68 Å². The van der Waals surface area contributed by atoms with E-state index in [9.17, 15) is 4.79 Å². The van der Waals surface area contributed by atoms with Crippen molar-refractivity contribution in [3.05, 3.63) is 57.1 Å². The van der Waals surface area contributed by atoms with Gasteiger partial charge in [-0.15, -0.1) is 0 Å². The quantitative estimate of drug-likeness (QED) is 0.503. The van der Waals surface area contributed by atoms with Gasteiger partial charge in [-0.25, -0.2) is 0 Å². The number of amides is 1. The number of benzene rings is 1. The summed E-state index contributed by atoms with van der Waals surface area (Å²) in [6.07, 6.45) is 1.43. The highest BCUT2D eigenvalue weighted by Crippen LogP contribution is 2.17. The van der Waals surface area contributed by atoms with Gasteiger partial charge >= 0.3 is 0 Å². The second-order valence-corrected chi connectivity index (χ2v) is 5.14. The molecule has 0 saturated carbocycles. The Balaban J connectivity index is 2.21. The van der Waals surface area contributed by atoms with Crippen LogP contribution >= 0.6 is 22.6 Å². The molecule has 4 nitrogen and oxygen atoms in total. The smallest absolute Gasteiger partial charge is 0.266 e. The summed E-state index contributed by atoms with van der Waals surface area (Å²) in [4.78, 5) is 12.1. The van der Waals surface area contributed by atoms with Gasteiger partial charge in [-0.1, -0.05) is 18.2 Å². The first-order chi connectivity index (χ1) is 9.60. The minimum atomic E-state index is -0.451. The van der Waals surface area contributed by atoms with Gasteiger partial charge in [-0.05, 0) is 53.3 Å². The maximum absolute atomic E-state index is 12.1. The van der Waals surface area contributed by atoms with Crippen LogP contribution in [0.3, 0.4) is 0 Å². The molecule has 0 spiro atoms. The highest BCUT2D eigenvalue weighted by atomic mass is 127. The van der Waals surface area contributed by atoms with Gasteiger partial charge in [0.05, 0.1) is 0 Å². The average molecular weight is 378 g/mol. The van der Waals surface area contributed by atoms with Gasteiger partial charge in [-0.2, -0.15) is 5.26 Å². The minimum absolute atomic E-state index is 0.000923. The molecule has 1 amide bonds. The average Bonchev–Trinajstić information content (AvgIpc) is 2.84. The molecule has 0 radical (unpaired) electrons. The van der Waals surface area contributed by atoms with E-state index in [0.717, 1.165) is 5.56 Å². The first-order valence-electron chi connectivity index (χ1n) is 5.84. The molecule has 100 valence electrons. The molecule has 0 aliphatic heterocycles. The van der Waals surface area contributed by atoms with Crippen LogP contribution in [0.15, 0.2) is 46.4 Å². The lowest BCUT2D eigenvalue weighted by Gasteiger charge is -2.06. The first-order valence-corrected chi connectivity index (χ1v) is 6.92. The van der Waals surface area contributed by atoms with Crippen LogP contribution in [0.1, 0.15) is 11.3 Å². The molecule has 2 aromatic rings. The number of carbonyl (C=O) groups is 1. The van der Waals surface area contributed by atoms with Crippen molar-refractivity contribution < 1.29 is 9.21 Å². The van der Waals surface area contributed by atoms with Gasteiger partial charge in [0.25, 0.3) is 5.91 Å². The number of furan rings is 1. The molecular formula is C15H11IN2O2. The van der Waals surface area contributed by atoms with Crippen molar-refractivity contribution in [2.45, 2.75) is 6.92 Å². The van der Waals surface area contributed by atoms with Gasteiger partial charge in [0.2, 0.25) is 0 Å². The maximum atomic E-state index is 12.1. The third-order valence-electron chi connectivity index (χ3n) is 2.64. The summed E-state index contributed by atoms with van der Waals surface area (Å²) >= 11 is 2.02. The monoisotopic (exact) mass is 378 g/mol. The summed E-state index contributed by atoms with van der Waals surface area (Å²) in [5, 5.41) is 11.8. The van der Waals surface area contributed by atoms with Crippen LogP contribution in [-0.2, 0) is 4.79 Å². The van der Waals surface area contributed by atoms with Gasteiger partial charge in [-0.3, -0.25) is 4.79 Å². The molecule has 0 bridgehead atoms. The summed E-state index contributed by atoms with van der Waals surface area (Å²) in [6.45, 7) is 1.89. The number of carbonyl (C=O) groups excluding carboxylic acids is 1. The number of para-hydroxylation sites is 1. The number of nitriles is 1. The van der Waals surface area contributed by atoms with Crippen molar-refractivity contribution in [1.82, 2.24) is 0 Å². The van der Waals surface area contributed by atoms with Crippen molar-refractivity contribution >= 4 is 40.3 Å². The minimum Gasteiger partial charge on any atom is -0.451 e. The topological polar surface area (TPSA) is 66.0 Å². The predicted octanol–water partition coefficient (Wildman–Crippen LogP) is 3.74. The molecule has 1 heterocycles. The highest BCUT2D eigenvalue weighted by molar-refractivity contribution is 14.1. The van der Waals surface area contributed by atoms with Crippen molar-refractivity contribution in [3.63, 3.8) is 0 Å². The van der Waals surface area contributed by atoms with Crippen molar-refractivity contribution in [3.8, 4) is 6.07 Å². The van der Waals surface area contributed by atoms with E-state index in [2.05, 4.69) is 5.32 Å². The molecule has 0 unspecified atom stereocenters. The number of rotatable bonds is 3. The van der Waals surface area contributed by atoms with Crippen molar-refractivity contribution in [2.24, 2.45) is 0 Å². The van der Waals surface area contributed by atoms with Crippen LogP contribution in [0.5, 0.6) is 0 Å². The number of aryl methyl sites for hydroxylation is 1. The molecule has 20 heavy (non-hydrogen) atoms. The zero-order chi connectivity index (χ0) is 14.5.